The van der Waals surface area contributed by atoms with Crippen LogP contribution in [0.3, 0.4) is 0 Å². The zero-order valence-electron chi connectivity index (χ0n) is 10.0. The molecule has 0 radical (unpaired) electrons. The largest absolute Gasteiger partial charge is 0.398 e. The number of Topliss-reactive ketones (excluding diaryl/α,β-unsaturated/α-hetero) is 1. The van der Waals surface area contributed by atoms with Crippen molar-refractivity contribution in [2.24, 2.45) is 5.41 Å². The zero-order valence-corrected chi connectivity index (χ0v) is 10.0. The van der Waals surface area contributed by atoms with E-state index in [-0.39, 0.29) is 5.78 Å². The predicted molar refractivity (Wildman–Crippen MR) is 66.7 cm³/mol. The average Bonchev–Trinajstić information content (AvgIpc) is 2.72. The summed E-state index contributed by atoms with van der Waals surface area (Å²) >= 11 is 0. The first-order valence-corrected chi connectivity index (χ1v) is 5.57. The Morgan fingerprint density at radius 2 is 2.12 bits per heavy atom. The molecular formula is C13H18N2O. The number of carbonyl (C=O) groups excluding carboxylic acids is 1. The van der Waals surface area contributed by atoms with E-state index in [0.717, 1.165) is 5.69 Å². The third-order valence-corrected chi connectivity index (χ3v) is 3.29. The normalized spacial score (nSPS) is 21.6. The molecule has 0 aromatic heterocycles. The van der Waals surface area contributed by atoms with E-state index in [0.29, 0.717) is 22.7 Å². The lowest BCUT2D eigenvalue weighted by Gasteiger charge is -2.10. The Labute approximate surface area is 96.0 Å². The van der Waals surface area contributed by atoms with Gasteiger partial charge in [0.15, 0.2) is 5.78 Å². The molecule has 1 aromatic rings. The first-order valence-electron chi connectivity index (χ1n) is 5.57. The smallest absolute Gasteiger partial charge is 0.161 e. The first-order chi connectivity index (χ1) is 7.40. The van der Waals surface area contributed by atoms with Crippen LogP contribution in [0.5, 0.6) is 0 Å². The van der Waals surface area contributed by atoms with Gasteiger partial charge in [0.05, 0.1) is 0 Å². The molecule has 0 saturated heterocycles. The Morgan fingerprint density at radius 3 is 2.56 bits per heavy atom. The number of benzene rings is 1. The van der Waals surface area contributed by atoms with Crippen LogP contribution in [0.2, 0.25) is 0 Å². The summed E-state index contributed by atoms with van der Waals surface area (Å²) in [6.45, 7) is 6.00. The van der Waals surface area contributed by atoms with Crippen molar-refractivity contribution in [1.29, 1.82) is 0 Å². The summed E-state index contributed by atoms with van der Waals surface area (Å²) in [6.07, 6.45) is 1.18. The number of anilines is 2. The molecular weight excluding hydrogens is 200 g/mol. The Bertz CT molecular complexity index is 438. The molecule has 1 atom stereocenters. The van der Waals surface area contributed by atoms with Gasteiger partial charge in [0.2, 0.25) is 0 Å². The molecule has 3 nitrogen and oxygen atoms in total. The predicted octanol–water partition coefficient (Wildman–Crippen LogP) is 2.68. The number of rotatable bonds is 3. The van der Waals surface area contributed by atoms with Gasteiger partial charge < -0.3 is 11.1 Å². The van der Waals surface area contributed by atoms with Gasteiger partial charge in [-0.3, -0.25) is 4.79 Å². The molecule has 1 aliphatic rings. The van der Waals surface area contributed by atoms with Crippen LogP contribution < -0.4 is 11.1 Å². The maximum atomic E-state index is 11.2. The fourth-order valence-corrected chi connectivity index (χ4v) is 1.89. The second kappa shape index (κ2) is 3.51. The van der Waals surface area contributed by atoms with Crippen molar-refractivity contribution in [3.05, 3.63) is 23.8 Å². The summed E-state index contributed by atoms with van der Waals surface area (Å²) in [4.78, 5) is 11.2. The van der Waals surface area contributed by atoms with E-state index in [4.69, 9.17) is 5.73 Å². The van der Waals surface area contributed by atoms with E-state index in [9.17, 15) is 4.79 Å². The van der Waals surface area contributed by atoms with E-state index in [2.05, 4.69) is 19.2 Å². The Hall–Kier alpha value is -1.51. The minimum Gasteiger partial charge on any atom is -0.398 e. The third kappa shape index (κ3) is 2.03. The molecule has 1 fully saturated rings. The highest BCUT2D eigenvalue weighted by Gasteiger charge is 2.45. The second-order valence-corrected chi connectivity index (χ2v) is 5.25. The van der Waals surface area contributed by atoms with Gasteiger partial charge in [-0.1, -0.05) is 13.8 Å². The van der Waals surface area contributed by atoms with Gasteiger partial charge >= 0.3 is 0 Å². The van der Waals surface area contributed by atoms with Gasteiger partial charge in [0.1, 0.15) is 0 Å². The molecule has 0 bridgehead atoms. The molecule has 3 heteroatoms. The third-order valence-electron chi connectivity index (χ3n) is 3.29. The maximum Gasteiger partial charge on any atom is 0.161 e. The Kier molecular flexibility index (Phi) is 2.41. The number of nitrogens with one attached hydrogen (secondary N) is 1. The van der Waals surface area contributed by atoms with Gasteiger partial charge in [-0.25, -0.2) is 0 Å². The summed E-state index contributed by atoms with van der Waals surface area (Å²) in [7, 11) is 0. The Morgan fingerprint density at radius 1 is 1.50 bits per heavy atom. The van der Waals surface area contributed by atoms with Crippen LogP contribution in [0.15, 0.2) is 18.2 Å². The molecule has 16 heavy (non-hydrogen) atoms. The van der Waals surface area contributed by atoms with Gasteiger partial charge in [-0.15, -0.1) is 0 Å². The highest BCUT2D eigenvalue weighted by atomic mass is 16.1. The lowest BCUT2D eigenvalue weighted by atomic mass is 10.1. The van der Waals surface area contributed by atoms with Crippen molar-refractivity contribution >= 4 is 17.2 Å². The van der Waals surface area contributed by atoms with Crippen LogP contribution in [0.25, 0.3) is 0 Å². The monoisotopic (exact) mass is 218 g/mol. The fraction of sp³-hybridized carbons (Fsp3) is 0.462. The summed E-state index contributed by atoms with van der Waals surface area (Å²) in [6, 6.07) is 6.07. The van der Waals surface area contributed by atoms with Gasteiger partial charge in [0, 0.05) is 23.0 Å². The van der Waals surface area contributed by atoms with Gasteiger partial charge in [0.25, 0.3) is 0 Å². The minimum absolute atomic E-state index is 0.0100. The van der Waals surface area contributed by atoms with Crippen LogP contribution in [-0.2, 0) is 0 Å². The summed E-state index contributed by atoms with van der Waals surface area (Å²) in [5.41, 5.74) is 8.36. The SMILES string of the molecule is CC(=O)c1ccc(NC2CC2(C)C)cc1N. The fourth-order valence-electron chi connectivity index (χ4n) is 1.89. The highest BCUT2D eigenvalue weighted by molar-refractivity contribution is 5.99. The van der Waals surface area contributed by atoms with Crippen LogP contribution in [-0.4, -0.2) is 11.8 Å². The molecule has 3 N–H and O–H groups in total. The second-order valence-electron chi connectivity index (χ2n) is 5.25. The van der Waals surface area contributed by atoms with Crippen LogP contribution in [0.4, 0.5) is 11.4 Å². The average molecular weight is 218 g/mol. The minimum atomic E-state index is 0.0100. The number of nitrogens with two attached hydrogens (primary N) is 1. The lowest BCUT2D eigenvalue weighted by Crippen LogP contribution is -2.09. The summed E-state index contributed by atoms with van der Waals surface area (Å²) in [5.74, 6) is 0.0100. The topological polar surface area (TPSA) is 55.1 Å². The highest BCUT2D eigenvalue weighted by Crippen LogP contribution is 2.46. The number of nitrogen functional groups attached to an aromatic ring is 1. The van der Waals surface area contributed by atoms with Crippen molar-refractivity contribution in [3.8, 4) is 0 Å². The molecule has 1 aromatic carbocycles. The van der Waals surface area contributed by atoms with E-state index >= 15 is 0 Å². The standard InChI is InChI=1S/C13H18N2O/c1-8(16)10-5-4-9(6-11(10)14)15-12-7-13(12,2)3/h4-6,12,15H,7,14H2,1-3H3. The maximum absolute atomic E-state index is 11.2. The lowest BCUT2D eigenvalue weighted by molar-refractivity contribution is 0.101. The van der Waals surface area contributed by atoms with E-state index in [1.54, 1.807) is 6.07 Å². The number of hydrogen-bond donors (Lipinski definition) is 2. The first kappa shape index (κ1) is 11.0. The summed E-state index contributed by atoms with van der Waals surface area (Å²) in [5, 5.41) is 3.42. The van der Waals surface area contributed by atoms with E-state index in [1.807, 2.05) is 12.1 Å². The molecule has 0 heterocycles. The molecule has 0 aliphatic heterocycles. The van der Waals surface area contributed by atoms with Crippen molar-refractivity contribution in [1.82, 2.24) is 0 Å². The van der Waals surface area contributed by atoms with Crippen LogP contribution in [0, 0.1) is 5.41 Å². The van der Waals surface area contributed by atoms with Crippen molar-refractivity contribution in [2.45, 2.75) is 33.2 Å². The number of ketones is 1. The summed E-state index contributed by atoms with van der Waals surface area (Å²) < 4.78 is 0. The van der Waals surface area contributed by atoms with Gasteiger partial charge in [-0.05, 0) is 37.0 Å². The van der Waals surface area contributed by atoms with Crippen LogP contribution in [0.1, 0.15) is 37.6 Å². The number of carbonyl (C=O) groups is 1. The molecule has 1 aliphatic carbocycles. The van der Waals surface area contributed by atoms with Crippen molar-refractivity contribution in [2.75, 3.05) is 11.1 Å². The molecule has 2 rings (SSSR count). The quantitative estimate of drug-likeness (QED) is 0.605. The molecule has 1 saturated carbocycles. The molecule has 86 valence electrons. The van der Waals surface area contributed by atoms with Crippen molar-refractivity contribution in [3.63, 3.8) is 0 Å². The molecule has 1 unspecified atom stereocenters. The van der Waals surface area contributed by atoms with Crippen LogP contribution >= 0.6 is 0 Å². The van der Waals surface area contributed by atoms with Gasteiger partial charge in [-0.2, -0.15) is 0 Å². The Balaban J connectivity index is 2.13. The van der Waals surface area contributed by atoms with E-state index < -0.39 is 0 Å². The van der Waals surface area contributed by atoms with E-state index in [1.165, 1.54) is 13.3 Å². The molecule has 0 amide bonds. The number of hydrogen-bond acceptors (Lipinski definition) is 3. The van der Waals surface area contributed by atoms with Crippen molar-refractivity contribution < 1.29 is 4.79 Å². The zero-order chi connectivity index (χ0) is 11.9. The molecule has 0 spiro atoms.